The van der Waals surface area contributed by atoms with Gasteiger partial charge < -0.3 is 34.1 Å². The summed E-state index contributed by atoms with van der Waals surface area (Å²) >= 11 is 0. The number of anilines is 2. The molecule has 0 saturated carbocycles. The number of urea groups is 1. The van der Waals surface area contributed by atoms with Crippen LogP contribution in [-0.4, -0.2) is 69.5 Å². The minimum Gasteiger partial charge on any atom is -0.493 e. The first kappa shape index (κ1) is 27.6. The second kappa shape index (κ2) is 12.9. The Morgan fingerprint density at radius 2 is 1.68 bits per heavy atom. The van der Waals surface area contributed by atoms with Gasteiger partial charge in [-0.2, -0.15) is 5.26 Å². The highest BCUT2D eigenvalue weighted by Crippen LogP contribution is 2.38. The van der Waals surface area contributed by atoms with Gasteiger partial charge in [0.25, 0.3) is 0 Å². The van der Waals surface area contributed by atoms with Gasteiger partial charge in [0.15, 0.2) is 11.5 Å². The fourth-order valence-corrected chi connectivity index (χ4v) is 4.68. The molecule has 0 unspecified atom stereocenters. The number of hydrogen-bond acceptors (Lipinski definition) is 8. The number of benzene rings is 3. The number of methoxy groups -OCH3 is 2. The molecular weight excluding hydrogens is 522 g/mol. The van der Waals surface area contributed by atoms with Crippen LogP contribution >= 0.6 is 0 Å². The number of amides is 2. The van der Waals surface area contributed by atoms with Gasteiger partial charge >= 0.3 is 6.03 Å². The number of fused-ring (bicyclic) bond motifs is 1. The topological polar surface area (TPSA) is 109 Å². The molecule has 5 rings (SSSR count). The Hall–Kier alpha value is -5.01. The first-order valence-electron chi connectivity index (χ1n) is 13.3. The molecule has 0 aliphatic carbocycles. The average Bonchev–Trinajstić information content (AvgIpc) is 3.01. The summed E-state index contributed by atoms with van der Waals surface area (Å²) < 4.78 is 22.3. The second-order valence-corrected chi connectivity index (χ2v) is 9.34. The minimum absolute atomic E-state index is 0.180. The first-order valence-corrected chi connectivity index (χ1v) is 13.3. The fraction of sp³-hybridized carbons (Fsp3) is 0.258. The number of nitrogens with one attached hydrogen (secondary N) is 1. The van der Waals surface area contributed by atoms with Crippen molar-refractivity contribution in [2.24, 2.45) is 0 Å². The molecule has 1 aliphatic heterocycles. The van der Waals surface area contributed by atoms with Gasteiger partial charge in [-0.15, -0.1) is 0 Å². The van der Waals surface area contributed by atoms with Crippen molar-refractivity contribution in [2.45, 2.75) is 0 Å². The maximum atomic E-state index is 13.0. The Bertz CT molecular complexity index is 1530. The number of nitrogens with zero attached hydrogens (tertiary/aromatic N) is 4. The molecular formula is C31H31N5O5. The Morgan fingerprint density at radius 1 is 0.951 bits per heavy atom. The van der Waals surface area contributed by atoms with Crippen molar-refractivity contribution in [1.29, 1.82) is 5.26 Å². The SMILES string of the molecule is COCCOc1cc2ncc(C#N)c(N3CCN(C(=O)Nc4ccc(Oc5ccccc5)cc4)CC3)c2cc1OC. The van der Waals surface area contributed by atoms with E-state index in [1.165, 1.54) is 0 Å². The van der Waals surface area contributed by atoms with E-state index in [1.807, 2.05) is 66.7 Å². The van der Waals surface area contributed by atoms with Crippen molar-refractivity contribution in [3.63, 3.8) is 0 Å². The summed E-state index contributed by atoms with van der Waals surface area (Å²) in [5, 5.41) is 13.6. The molecule has 2 amide bonds. The van der Waals surface area contributed by atoms with Crippen molar-refractivity contribution in [3.05, 3.63) is 78.5 Å². The molecule has 41 heavy (non-hydrogen) atoms. The van der Waals surface area contributed by atoms with Crippen LogP contribution in [0.1, 0.15) is 5.56 Å². The molecule has 1 fully saturated rings. The lowest BCUT2D eigenvalue weighted by atomic mass is 10.1. The van der Waals surface area contributed by atoms with Crippen LogP contribution in [0.25, 0.3) is 10.9 Å². The van der Waals surface area contributed by atoms with Gasteiger partial charge in [-0.25, -0.2) is 4.79 Å². The summed E-state index contributed by atoms with van der Waals surface area (Å²) in [7, 11) is 3.19. The monoisotopic (exact) mass is 553 g/mol. The predicted octanol–water partition coefficient (Wildman–Crippen LogP) is 5.29. The number of hydrogen-bond donors (Lipinski definition) is 1. The lowest BCUT2D eigenvalue weighted by Gasteiger charge is -2.36. The van der Waals surface area contributed by atoms with Crippen LogP contribution in [0.3, 0.4) is 0 Å². The van der Waals surface area contributed by atoms with Gasteiger partial charge in [0.2, 0.25) is 0 Å². The maximum absolute atomic E-state index is 13.0. The van der Waals surface area contributed by atoms with Gasteiger partial charge in [0.1, 0.15) is 24.2 Å². The fourth-order valence-electron chi connectivity index (χ4n) is 4.68. The number of para-hydroxylation sites is 1. The van der Waals surface area contributed by atoms with E-state index in [-0.39, 0.29) is 6.03 Å². The zero-order valence-electron chi connectivity index (χ0n) is 23.0. The summed E-state index contributed by atoms with van der Waals surface area (Å²) in [6, 6.07) is 22.6. The minimum atomic E-state index is -0.180. The largest absolute Gasteiger partial charge is 0.493 e. The maximum Gasteiger partial charge on any atom is 0.321 e. The first-order chi connectivity index (χ1) is 20.1. The van der Waals surface area contributed by atoms with E-state index >= 15 is 0 Å². The van der Waals surface area contributed by atoms with E-state index in [9.17, 15) is 10.1 Å². The van der Waals surface area contributed by atoms with Crippen LogP contribution < -0.4 is 24.4 Å². The molecule has 1 N–H and O–H groups in total. The van der Waals surface area contributed by atoms with Crippen molar-refractivity contribution >= 4 is 28.3 Å². The molecule has 0 radical (unpaired) electrons. The lowest BCUT2D eigenvalue weighted by Crippen LogP contribution is -2.50. The number of rotatable bonds is 9. The van der Waals surface area contributed by atoms with Crippen molar-refractivity contribution in [1.82, 2.24) is 9.88 Å². The molecule has 10 nitrogen and oxygen atoms in total. The molecule has 4 aromatic rings. The van der Waals surface area contributed by atoms with E-state index in [0.717, 1.165) is 16.8 Å². The quantitative estimate of drug-likeness (QED) is 0.279. The predicted molar refractivity (Wildman–Crippen MR) is 156 cm³/mol. The van der Waals surface area contributed by atoms with Gasteiger partial charge in [-0.3, -0.25) is 4.98 Å². The summed E-state index contributed by atoms with van der Waals surface area (Å²) in [5.41, 5.74) is 2.60. The summed E-state index contributed by atoms with van der Waals surface area (Å²) in [4.78, 5) is 21.4. The highest BCUT2D eigenvalue weighted by molar-refractivity contribution is 5.97. The molecule has 1 saturated heterocycles. The smallest absolute Gasteiger partial charge is 0.321 e. The van der Waals surface area contributed by atoms with Crippen molar-refractivity contribution in [2.75, 3.05) is 63.8 Å². The number of aromatic nitrogens is 1. The van der Waals surface area contributed by atoms with Gasteiger partial charge in [0.05, 0.1) is 30.5 Å². The Kier molecular flexibility index (Phi) is 8.67. The second-order valence-electron chi connectivity index (χ2n) is 9.34. The molecule has 0 spiro atoms. The lowest BCUT2D eigenvalue weighted by molar-refractivity contribution is 0.144. The number of carbonyl (C=O) groups excluding carboxylic acids is 1. The third-order valence-corrected chi connectivity index (χ3v) is 6.76. The Balaban J connectivity index is 1.26. The third-order valence-electron chi connectivity index (χ3n) is 6.76. The molecule has 3 aromatic carbocycles. The summed E-state index contributed by atoms with van der Waals surface area (Å²) in [6.07, 6.45) is 1.58. The van der Waals surface area contributed by atoms with Crippen LogP contribution in [0.2, 0.25) is 0 Å². The van der Waals surface area contributed by atoms with E-state index < -0.39 is 0 Å². The van der Waals surface area contributed by atoms with E-state index in [4.69, 9.17) is 18.9 Å². The standard InChI is InChI=1S/C31H31N5O5/c1-38-16-17-40-29-19-27-26(18-28(29)39-2)30(22(20-32)21-33-27)35-12-14-36(15-13-35)31(37)34-23-8-10-25(11-9-23)41-24-6-4-3-5-7-24/h3-11,18-19,21H,12-17H2,1-2H3,(H,34,37). The average molecular weight is 554 g/mol. The molecule has 10 heteroatoms. The molecule has 0 bridgehead atoms. The van der Waals surface area contributed by atoms with Crippen molar-refractivity contribution in [3.8, 4) is 29.1 Å². The Labute approximate surface area is 238 Å². The number of nitriles is 1. The normalized spacial score (nSPS) is 13.0. The Morgan fingerprint density at radius 3 is 2.37 bits per heavy atom. The van der Waals surface area contributed by atoms with E-state index in [0.29, 0.717) is 73.4 Å². The number of carbonyl (C=O) groups is 1. The third kappa shape index (κ3) is 6.42. The van der Waals surface area contributed by atoms with Crippen LogP contribution in [0, 0.1) is 11.3 Å². The van der Waals surface area contributed by atoms with Gasteiger partial charge in [-0.1, -0.05) is 18.2 Å². The number of piperazine rings is 1. The van der Waals surface area contributed by atoms with Gasteiger partial charge in [0, 0.05) is 56.6 Å². The van der Waals surface area contributed by atoms with Crippen LogP contribution in [-0.2, 0) is 4.74 Å². The molecule has 1 aromatic heterocycles. The number of pyridine rings is 1. The zero-order chi connectivity index (χ0) is 28.6. The van der Waals surface area contributed by atoms with E-state index in [1.54, 1.807) is 25.3 Å². The molecule has 1 aliphatic rings. The van der Waals surface area contributed by atoms with E-state index in [2.05, 4.69) is 21.3 Å². The highest BCUT2D eigenvalue weighted by Gasteiger charge is 2.25. The van der Waals surface area contributed by atoms with Crippen molar-refractivity contribution < 1.29 is 23.7 Å². The molecule has 0 atom stereocenters. The van der Waals surface area contributed by atoms with Gasteiger partial charge in [-0.05, 0) is 42.5 Å². The molecule has 2 heterocycles. The van der Waals surface area contributed by atoms with Crippen LogP contribution in [0.15, 0.2) is 72.9 Å². The van der Waals surface area contributed by atoms with Crippen LogP contribution in [0.4, 0.5) is 16.2 Å². The summed E-state index contributed by atoms with van der Waals surface area (Å²) in [6.45, 7) is 2.91. The number of ether oxygens (including phenoxy) is 4. The highest BCUT2D eigenvalue weighted by atomic mass is 16.5. The zero-order valence-corrected chi connectivity index (χ0v) is 23.0. The molecule has 210 valence electrons. The van der Waals surface area contributed by atoms with Crippen LogP contribution in [0.5, 0.6) is 23.0 Å². The summed E-state index contributed by atoms with van der Waals surface area (Å²) in [5.74, 6) is 2.54.